The third kappa shape index (κ3) is 12.4. The summed E-state index contributed by atoms with van der Waals surface area (Å²) < 4.78 is 16.5. The third-order valence-corrected chi connectivity index (χ3v) is 13.9. The van der Waals surface area contributed by atoms with Crippen LogP contribution in [0.1, 0.15) is 43.7 Å². The quantitative estimate of drug-likeness (QED) is 0.0712. The Morgan fingerprint density at radius 1 is 0.688 bits per heavy atom. The lowest BCUT2D eigenvalue weighted by Crippen LogP contribution is -3.00. The zero-order valence-corrected chi connectivity index (χ0v) is 48.2. The molecule has 0 saturated heterocycles. The Labute approximate surface area is 474 Å². The lowest BCUT2D eigenvalue weighted by atomic mass is 9.45. The fourth-order valence-corrected chi connectivity index (χ4v) is 9.94. The number of amidine groups is 1. The van der Waals surface area contributed by atoms with Crippen LogP contribution in [0.2, 0.25) is 0 Å². The number of carbonyl (C=O) groups is 2. The number of allylic oxidation sites excluding steroid dienone is 1. The van der Waals surface area contributed by atoms with Crippen LogP contribution in [0.15, 0.2) is 163 Å². The van der Waals surface area contributed by atoms with Crippen LogP contribution in [0, 0.1) is 37.3 Å². The average Bonchev–Trinajstić information content (AvgIpc) is 4.16. The number of carbonyl (C=O) groups excluding carboxylic acids is 1. The molecule has 0 saturated carbocycles. The largest absolute Gasteiger partial charge is 1.00 e. The Balaban J connectivity index is 0.00000431. The highest BCUT2D eigenvalue weighted by molar-refractivity contribution is 6.89. The van der Waals surface area contributed by atoms with Crippen LogP contribution in [0.25, 0.3) is 28.0 Å². The number of fused-ring (bicyclic) bond motifs is 2. The molecule has 2 aliphatic rings. The normalized spacial score (nSPS) is 14.4. The molecule has 0 amide bonds. The number of ether oxygens (including phenoxy) is 2. The number of rotatable bonds is 15. The predicted molar refractivity (Wildman–Crippen MR) is 303 cm³/mol. The van der Waals surface area contributed by atoms with Gasteiger partial charge in [-0.25, -0.2) is 16.4 Å². The minimum Gasteiger partial charge on any atom is -1.00 e. The van der Waals surface area contributed by atoms with E-state index in [2.05, 4.69) is 176 Å². The Kier molecular flexibility index (Phi) is 17.5. The number of carboxylic acids is 1. The highest BCUT2D eigenvalue weighted by atomic mass is 79.9. The van der Waals surface area contributed by atoms with E-state index in [0.29, 0.717) is 47.4 Å². The number of quaternary nitrogens is 2. The molecule has 0 aliphatic carbocycles. The van der Waals surface area contributed by atoms with Crippen molar-refractivity contribution < 1.29 is 71.6 Å². The Morgan fingerprint density at radius 2 is 1.18 bits per heavy atom. The molecule has 7 aromatic rings. The molecule has 1 unspecified atom stereocenters. The number of aliphatic imine (C=N–C) groups is 1. The second-order valence-electron chi connectivity index (χ2n) is 21.1. The molecule has 77 heavy (non-hydrogen) atoms. The van der Waals surface area contributed by atoms with Crippen molar-refractivity contribution in [3.8, 4) is 57.4 Å². The number of methoxy groups -OCH3 is 1. The predicted octanol–water partition coefficient (Wildman–Crippen LogP) is 4.33. The molecule has 0 bridgehead atoms. The topological polar surface area (TPSA) is 96.4 Å². The lowest BCUT2D eigenvalue weighted by Gasteiger charge is -2.38. The second kappa shape index (κ2) is 23.7. The molecule has 9 rings (SSSR count). The third-order valence-electron chi connectivity index (χ3n) is 13.9. The summed E-state index contributed by atoms with van der Waals surface area (Å²) in [5.41, 5.74) is 13.4. The van der Waals surface area contributed by atoms with Gasteiger partial charge in [0.25, 0.3) is 12.3 Å². The van der Waals surface area contributed by atoms with E-state index in [1.807, 2.05) is 62.6 Å². The number of anilines is 1. The van der Waals surface area contributed by atoms with Crippen LogP contribution in [-0.4, -0.2) is 116 Å². The van der Waals surface area contributed by atoms with Crippen LogP contribution >= 0.6 is 0 Å². The van der Waals surface area contributed by atoms with E-state index in [-0.39, 0.29) is 39.5 Å². The van der Waals surface area contributed by atoms with Gasteiger partial charge in [-0.15, -0.1) is 0 Å². The number of aromatic nitrogens is 1. The van der Waals surface area contributed by atoms with Gasteiger partial charge in [-0.1, -0.05) is 95.8 Å². The van der Waals surface area contributed by atoms with E-state index in [9.17, 15) is 14.7 Å². The second-order valence-corrected chi connectivity index (χ2v) is 21.1. The minimum absolute atomic E-state index is 0. The SMILES string of the molecule is COc1ccc(-c2cc(-c3ccc(N(C)C)cc3)c3n2[B-](C#CC[N+](C)(C)Cc2ccc(OC=O)cc2)(C#CC[N+](C)(C)Cc2ccc(C(=O)O)cc2)[N+]2=C(c4ccc(C)cc4)C=C(c4ccc(C)cc4)C2=N3)cc1.[Br-].[Br-]. The van der Waals surface area contributed by atoms with Crippen molar-refractivity contribution in [2.24, 2.45) is 4.99 Å². The molecule has 0 spiro atoms. The summed E-state index contributed by atoms with van der Waals surface area (Å²) in [6.45, 7) is 6.84. The number of nitrogens with zero attached hydrogens (tertiary/aromatic N) is 6. The molecular formula is C63H63BBr2N6O5. The molecular weight excluding hydrogens is 1090 g/mol. The van der Waals surface area contributed by atoms with Crippen LogP contribution < -0.4 is 48.3 Å². The van der Waals surface area contributed by atoms with Crippen LogP contribution in [0.4, 0.5) is 11.5 Å². The summed E-state index contributed by atoms with van der Waals surface area (Å²) in [4.78, 5) is 30.8. The molecule has 14 heteroatoms. The fraction of sp³-hybridized carbons (Fsp3) is 0.206. The van der Waals surface area contributed by atoms with Crippen LogP contribution in [0.3, 0.4) is 0 Å². The molecule has 2 aliphatic heterocycles. The number of benzene rings is 6. The maximum atomic E-state index is 11.8. The smallest absolute Gasteiger partial charge is 0.434 e. The van der Waals surface area contributed by atoms with Gasteiger partial charge in [0.05, 0.1) is 52.1 Å². The van der Waals surface area contributed by atoms with E-state index < -0.39 is 12.4 Å². The summed E-state index contributed by atoms with van der Waals surface area (Å²) in [6.07, 6.45) is -0.250. The van der Waals surface area contributed by atoms with Crippen molar-refractivity contribution in [2.75, 3.05) is 67.4 Å². The van der Waals surface area contributed by atoms with E-state index in [4.69, 9.17) is 14.5 Å². The lowest BCUT2D eigenvalue weighted by molar-refractivity contribution is -0.896. The van der Waals surface area contributed by atoms with Gasteiger partial charge in [-0.2, -0.15) is 0 Å². The molecule has 0 radical (unpaired) electrons. The zero-order chi connectivity index (χ0) is 53.1. The van der Waals surface area contributed by atoms with E-state index in [0.717, 1.165) is 90.1 Å². The zero-order valence-electron chi connectivity index (χ0n) is 45.0. The number of hydrogen-bond acceptors (Lipinski definition) is 6. The van der Waals surface area contributed by atoms with Gasteiger partial charge < -0.3 is 71.4 Å². The van der Waals surface area contributed by atoms with Gasteiger partial charge >= 0.3 is 12.4 Å². The number of aromatic carboxylic acids is 1. The van der Waals surface area contributed by atoms with E-state index in [1.165, 1.54) is 0 Å². The number of hydrogen-bond donors (Lipinski definition) is 1. The molecule has 0 fully saturated rings. The van der Waals surface area contributed by atoms with Crippen molar-refractivity contribution in [1.82, 2.24) is 4.48 Å². The summed E-state index contributed by atoms with van der Waals surface area (Å²) in [6, 6.07) is 51.0. The first-order chi connectivity index (χ1) is 36.0. The van der Waals surface area contributed by atoms with Gasteiger partial charge in [0.15, 0.2) is 0 Å². The molecule has 3 heterocycles. The van der Waals surface area contributed by atoms with Gasteiger partial charge in [0.2, 0.25) is 5.82 Å². The van der Waals surface area contributed by atoms with E-state index in [1.54, 1.807) is 19.2 Å². The Hall–Kier alpha value is -7.72. The van der Waals surface area contributed by atoms with Crippen molar-refractivity contribution >= 4 is 47.5 Å². The van der Waals surface area contributed by atoms with Gasteiger partial charge in [-0.05, 0) is 120 Å². The number of halogens is 2. The first-order valence-electron chi connectivity index (χ1n) is 25.1. The number of aryl methyl sites for hydroxylation is 2. The molecule has 6 aromatic carbocycles. The van der Waals surface area contributed by atoms with Gasteiger partial charge in [0.1, 0.15) is 37.7 Å². The average molecular weight is 1150 g/mol. The Bertz CT molecular complexity index is 3530. The maximum Gasteiger partial charge on any atom is 0.434 e. The van der Waals surface area contributed by atoms with Crippen LogP contribution in [-0.2, 0) is 17.9 Å². The molecule has 392 valence electrons. The molecule has 1 N–H and O–H groups in total. The fourth-order valence-electron chi connectivity index (χ4n) is 9.94. The van der Waals surface area contributed by atoms with Crippen molar-refractivity contribution in [2.45, 2.75) is 26.9 Å². The molecule has 1 atom stereocenters. The summed E-state index contributed by atoms with van der Waals surface area (Å²) in [7, 11) is 14.4. The molecule has 1 aromatic heterocycles. The highest BCUT2D eigenvalue weighted by Gasteiger charge is 2.50. The first kappa shape index (κ1) is 57.0. The number of carboxylic acid groups (broad SMARTS) is 1. The maximum absolute atomic E-state index is 11.8. The van der Waals surface area contributed by atoms with Crippen molar-refractivity contribution in [3.05, 3.63) is 197 Å². The van der Waals surface area contributed by atoms with Crippen LogP contribution in [0.5, 0.6) is 11.5 Å². The summed E-state index contributed by atoms with van der Waals surface area (Å²) in [5.74, 6) is 17.4. The van der Waals surface area contributed by atoms with Crippen molar-refractivity contribution in [3.63, 3.8) is 0 Å². The molecule has 11 nitrogen and oxygen atoms in total. The summed E-state index contributed by atoms with van der Waals surface area (Å²) >= 11 is 0. The van der Waals surface area contributed by atoms with Crippen molar-refractivity contribution in [1.29, 1.82) is 0 Å². The minimum atomic E-state index is -2.51. The van der Waals surface area contributed by atoms with Gasteiger partial charge in [0, 0.05) is 47.7 Å². The van der Waals surface area contributed by atoms with E-state index >= 15 is 0 Å². The monoisotopic (exact) mass is 1150 g/mol. The highest BCUT2D eigenvalue weighted by Crippen LogP contribution is 2.46. The first-order valence-corrected chi connectivity index (χ1v) is 25.1. The standard InChI is InChI=1S/C63H62BN6O5.2BrH/c1-45-12-20-49(21-13-45)57-40-59(51-22-14-46(2)15-23-51)67-61(57)65-62-58(50-26-30-54(31-27-50)66(3)4)41-60(52-28-34-55(74-9)35-29-52)68(62)64(67,36-10-38-69(5,6)42-47-16-24-53(25-17-47)63(72)73)37-11-39-70(7,8)43-48-18-32-56(33-19-48)75-44-71;;/h12-35,40-41,44H,38-39,42-43H2,1-9H3;2*1H/q+1;;/p-1. The Morgan fingerprint density at radius 3 is 1.69 bits per heavy atom. The van der Waals surface area contributed by atoms with Gasteiger partial charge in [-0.3, -0.25) is 4.79 Å². The summed E-state index contributed by atoms with van der Waals surface area (Å²) in [5, 5.41) is 9.64.